The fraction of sp³-hybridized carbons (Fsp3) is 0. The SMILES string of the molecule is N/C(=N/O)c1nc2cc(F)ccc2o1. The van der Waals surface area contributed by atoms with E-state index >= 15 is 0 Å². The molecule has 0 saturated carbocycles. The number of nitrogens with zero attached hydrogens (tertiary/aromatic N) is 2. The number of nitrogens with two attached hydrogens (primary N) is 1. The molecule has 5 nitrogen and oxygen atoms in total. The molecule has 0 bridgehead atoms. The summed E-state index contributed by atoms with van der Waals surface area (Å²) < 4.78 is 17.8. The Bertz CT molecular complexity index is 506. The smallest absolute Gasteiger partial charge is 0.266 e. The molecule has 2 aromatic rings. The lowest BCUT2D eigenvalue weighted by atomic mass is 10.3. The maximum Gasteiger partial charge on any atom is 0.266 e. The zero-order valence-corrected chi connectivity index (χ0v) is 6.94. The van der Waals surface area contributed by atoms with Crippen LogP contribution in [-0.4, -0.2) is 16.0 Å². The average Bonchev–Trinajstić information content (AvgIpc) is 2.59. The van der Waals surface area contributed by atoms with E-state index < -0.39 is 5.82 Å². The summed E-state index contributed by atoms with van der Waals surface area (Å²) in [7, 11) is 0. The number of oxazole rings is 1. The minimum Gasteiger partial charge on any atom is -0.434 e. The minimum atomic E-state index is -0.420. The first-order valence-electron chi connectivity index (χ1n) is 3.74. The van der Waals surface area contributed by atoms with Gasteiger partial charge in [-0.05, 0) is 12.1 Å². The van der Waals surface area contributed by atoms with Crippen molar-refractivity contribution in [3.8, 4) is 0 Å². The molecule has 72 valence electrons. The maximum atomic E-state index is 12.7. The predicted octanol–water partition coefficient (Wildman–Crippen LogP) is 1.06. The second-order valence-corrected chi connectivity index (χ2v) is 2.62. The molecule has 6 heteroatoms. The zero-order valence-electron chi connectivity index (χ0n) is 6.94. The van der Waals surface area contributed by atoms with Crippen molar-refractivity contribution in [2.45, 2.75) is 0 Å². The van der Waals surface area contributed by atoms with Crippen molar-refractivity contribution >= 4 is 16.9 Å². The highest BCUT2D eigenvalue weighted by molar-refractivity contribution is 5.94. The van der Waals surface area contributed by atoms with Crippen LogP contribution in [0.15, 0.2) is 27.8 Å². The van der Waals surface area contributed by atoms with E-state index in [0.717, 1.165) is 0 Å². The second-order valence-electron chi connectivity index (χ2n) is 2.62. The molecule has 14 heavy (non-hydrogen) atoms. The summed E-state index contributed by atoms with van der Waals surface area (Å²) in [6.45, 7) is 0. The summed E-state index contributed by atoms with van der Waals surface area (Å²) in [5.41, 5.74) is 5.95. The van der Waals surface area contributed by atoms with Gasteiger partial charge in [-0.1, -0.05) is 5.16 Å². The number of hydrogen-bond acceptors (Lipinski definition) is 4. The van der Waals surface area contributed by atoms with Crippen LogP contribution in [0, 0.1) is 5.82 Å². The fourth-order valence-electron chi connectivity index (χ4n) is 1.05. The van der Waals surface area contributed by atoms with Crippen molar-refractivity contribution in [1.29, 1.82) is 0 Å². The molecule has 0 aliphatic carbocycles. The number of hydrogen-bond donors (Lipinski definition) is 2. The Morgan fingerprint density at radius 3 is 3.07 bits per heavy atom. The van der Waals surface area contributed by atoms with Crippen LogP contribution in [0.4, 0.5) is 4.39 Å². The Kier molecular flexibility index (Phi) is 1.81. The highest BCUT2D eigenvalue weighted by Gasteiger charge is 2.09. The Hall–Kier alpha value is -2.11. The molecule has 0 aliphatic rings. The summed E-state index contributed by atoms with van der Waals surface area (Å²) in [6.07, 6.45) is 0. The molecule has 0 unspecified atom stereocenters. The van der Waals surface area contributed by atoms with Gasteiger partial charge in [-0.25, -0.2) is 9.37 Å². The monoisotopic (exact) mass is 195 g/mol. The van der Waals surface area contributed by atoms with Gasteiger partial charge < -0.3 is 15.4 Å². The summed E-state index contributed by atoms with van der Waals surface area (Å²) in [5.74, 6) is -0.702. The van der Waals surface area contributed by atoms with E-state index in [1.807, 2.05) is 0 Å². The number of halogens is 1. The third-order valence-electron chi connectivity index (χ3n) is 1.68. The predicted molar refractivity (Wildman–Crippen MR) is 46.5 cm³/mol. The Morgan fingerprint density at radius 1 is 1.57 bits per heavy atom. The average molecular weight is 195 g/mol. The van der Waals surface area contributed by atoms with Crippen LogP contribution in [-0.2, 0) is 0 Å². The number of oxime groups is 1. The lowest BCUT2D eigenvalue weighted by Crippen LogP contribution is -2.13. The molecule has 0 saturated heterocycles. The number of fused-ring (bicyclic) bond motifs is 1. The first-order valence-corrected chi connectivity index (χ1v) is 3.74. The molecule has 0 spiro atoms. The van der Waals surface area contributed by atoms with Gasteiger partial charge in [-0.15, -0.1) is 0 Å². The van der Waals surface area contributed by atoms with Gasteiger partial charge in [0.2, 0.25) is 5.84 Å². The quantitative estimate of drug-likeness (QED) is 0.308. The van der Waals surface area contributed by atoms with E-state index in [2.05, 4.69) is 10.1 Å². The molecular formula is C8H6FN3O2. The van der Waals surface area contributed by atoms with E-state index in [-0.39, 0.29) is 11.7 Å². The van der Waals surface area contributed by atoms with Crippen LogP contribution < -0.4 is 5.73 Å². The van der Waals surface area contributed by atoms with Gasteiger partial charge in [0.05, 0.1) is 0 Å². The van der Waals surface area contributed by atoms with E-state index in [1.165, 1.54) is 18.2 Å². The van der Waals surface area contributed by atoms with Crippen LogP contribution in [0.2, 0.25) is 0 Å². The van der Waals surface area contributed by atoms with Gasteiger partial charge in [0, 0.05) is 6.07 Å². The third-order valence-corrected chi connectivity index (χ3v) is 1.68. The van der Waals surface area contributed by atoms with Gasteiger partial charge in [-0.3, -0.25) is 0 Å². The lowest BCUT2D eigenvalue weighted by Gasteiger charge is -1.86. The van der Waals surface area contributed by atoms with Crippen molar-refractivity contribution in [3.05, 3.63) is 29.9 Å². The number of benzene rings is 1. The maximum absolute atomic E-state index is 12.7. The molecule has 2 rings (SSSR count). The molecule has 0 fully saturated rings. The van der Waals surface area contributed by atoms with Crippen LogP contribution >= 0.6 is 0 Å². The summed E-state index contributed by atoms with van der Waals surface area (Å²) >= 11 is 0. The summed E-state index contributed by atoms with van der Waals surface area (Å²) in [6, 6.07) is 3.86. The highest BCUT2D eigenvalue weighted by Crippen LogP contribution is 2.16. The summed E-state index contributed by atoms with van der Waals surface area (Å²) in [5, 5.41) is 11.1. The van der Waals surface area contributed by atoms with Gasteiger partial charge in [0.1, 0.15) is 11.3 Å². The van der Waals surface area contributed by atoms with E-state index in [0.29, 0.717) is 11.1 Å². The molecule has 3 N–H and O–H groups in total. The fourth-order valence-corrected chi connectivity index (χ4v) is 1.05. The van der Waals surface area contributed by atoms with Crippen molar-refractivity contribution in [3.63, 3.8) is 0 Å². The molecule has 0 atom stereocenters. The number of amidine groups is 1. The van der Waals surface area contributed by atoms with Crippen LogP contribution in [0.25, 0.3) is 11.1 Å². The normalized spacial score (nSPS) is 12.2. The van der Waals surface area contributed by atoms with Gasteiger partial charge in [0.25, 0.3) is 5.89 Å². The van der Waals surface area contributed by atoms with E-state index in [9.17, 15) is 4.39 Å². The van der Waals surface area contributed by atoms with Crippen LogP contribution in [0.1, 0.15) is 5.89 Å². The van der Waals surface area contributed by atoms with Crippen LogP contribution in [0.3, 0.4) is 0 Å². The number of aromatic nitrogens is 1. The van der Waals surface area contributed by atoms with Crippen molar-refractivity contribution in [2.24, 2.45) is 10.9 Å². The van der Waals surface area contributed by atoms with Gasteiger partial charge in [0.15, 0.2) is 5.58 Å². The first kappa shape index (κ1) is 8.49. The van der Waals surface area contributed by atoms with Crippen molar-refractivity contribution in [1.82, 2.24) is 4.98 Å². The van der Waals surface area contributed by atoms with E-state index in [4.69, 9.17) is 15.4 Å². The molecule has 0 amide bonds. The molecule has 0 aliphatic heterocycles. The minimum absolute atomic E-state index is 0.0342. The Balaban J connectivity index is 2.62. The topological polar surface area (TPSA) is 84.6 Å². The molecule has 1 aromatic carbocycles. The van der Waals surface area contributed by atoms with Crippen molar-refractivity contribution < 1.29 is 14.0 Å². The third kappa shape index (κ3) is 1.26. The molecule has 1 aromatic heterocycles. The van der Waals surface area contributed by atoms with Gasteiger partial charge in [-0.2, -0.15) is 0 Å². The molecule has 0 radical (unpaired) electrons. The number of rotatable bonds is 1. The summed E-state index contributed by atoms with van der Waals surface area (Å²) in [4.78, 5) is 3.82. The largest absolute Gasteiger partial charge is 0.434 e. The molecular weight excluding hydrogens is 189 g/mol. The highest BCUT2D eigenvalue weighted by atomic mass is 19.1. The van der Waals surface area contributed by atoms with Crippen LogP contribution in [0.5, 0.6) is 0 Å². The van der Waals surface area contributed by atoms with Crippen molar-refractivity contribution in [2.75, 3.05) is 0 Å². The Labute approximate surface area is 77.6 Å². The second kappa shape index (κ2) is 2.99. The standard InChI is InChI=1S/C8H6FN3O2/c9-4-1-2-6-5(3-4)11-8(14-6)7(10)12-13/h1-3,13H,(H2,10,12). The van der Waals surface area contributed by atoms with Gasteiger partial charge >= 0.3 is 0 Å². The lowest BCUT2D eigenvalue weighted by molar-refractivity contribution is 0.317. The first-order chi connectivity index (χ1) is 6.70. The molecule has 1 heterocycles. The zero-order chi connectivity index (χ0) is 10.1. The van der Waals surface area contributed by atoms with E-state index in [1.54, 1.807) is 0 Å². The Morgan fingerprint density at radius 2 is 2.36 bits per heavy atom.